The Bertz CT molecular complexity index is 329. The van der Waals surface area contributed by atoms with E-state index >= 15 is 0 Å². The third kappa shape index (κ3) is 9.64. The van der Waals surface area contributed by atoms with Crippen molar-refractivity contribution >= 4 is 0 Å². The lowest BCUT2D eigenvalue weighted by molar-refractivity contribution is 0.464. The molecule has 0 radical (unpaired) electrons. The van der Waals surface area contributed by atoms with Crippen LogP contribution >= 0.6 is 0 Å². The van der Waals surface area contributed by atoms with Crippen LogP contribution in [-0.2, 0) is 0 Å². The molecule has 20 heavy (non-hydrogen) atoms. The molecule has 0 aromatic carbocycles. The van der Waals surface area contributed by atoms with Crippen LogP contribution in [0.15, 0.2) is 36.0 Å². The van der Waals surface area contributed by atoms with Crippen LogP contribution in [0.2, 0.25) is 0 Å². The van der Waals surface area contributed by atoms with Gasteiger partial charge in [0.1, 0.15) is 0 Å². The maximum absolute atomic E-state index is 6.06. The summed E-state index contributed by atoms with van der Waals surface area (Å²) < 4.78 is 0. The van der Waals surface area contributed by atoms with Crippen molar-refractivity contribution in [1.82, 2.24) is 0 Å². The first kappa shape index (κ1) is 21.0. The summed E-state index contributed by atoms with van der Waals surface area (Å²) in [5, 5.41) is 0. The fourth-order valence-corrected chi connectivity index (χ4v) is 2.10. The number of hydrogen-bond acceptors (Lipinski definition) is 1. The van der Waals surface area contributed by atoms with Gasteiger partial charge in [-0.2, -0.15) is 0 Å². The lowest BCUT2D eigenvalue weighted by Crippen LogP contribution is -2.30. The highest BCUT2D eigenvalue weighted by Crippen LogP contribution is 2.23. The molecule has 0 aromatic heterocycles. The molecule has 0 bridgehead atoms. The van der Waals surface area contributed by atoms with Gasteiger partial charge < -0.3 is 5.73 Å². The van der Waals surface area contributed by atoms with Crippen molar-refractivity contribution in [2.45, 2.75) is 65.8 Å². The van der Waals surface area contributed by atoms with E-state index in [1.54, 1.807) is 0 Å². The number of rotatable bonds is 5. The fourth-order valence-electron chi connectivity index (χ4n) is 2.10. The highest BCUT2D eigenvalue weighted by Gasteiger charge is 2.12. The summed E-state index contributed by atoms with van der Waals surface area (Å²) >= 11 is 0. The first-order valence-corrected chi connectivity index (χ1v) is 7.77. The Morgan fingerprint density at radius 2 is 1.80 bits per heavy atom. The van der Waals surface area contributed by atoms with Crippen LogP contribution in [-0.4, -0.2) is 5.54 Å². The molecule has 1 aliphatic carbocycles. The Labute approximate surface area is 127 Å². The number of hydrogen-bond donors (Lipinski definition) is 1. The maximum Gasteiger partial charge on any atom is 0.0502 e. The second-order valence-electron chi connectivity index (χ2n) is 5.07. The van der Waals surface area contributed by atoms with E-state index in [0.717, 1.165) is 5.92 Å². The van der Waals surface area contributed by atoms with Crippen LogP contribution in [0.4, 0.5) is 0 Å². The summed E-state index contributed by atoms with van der Waals surface area (Å²) in [6, 6.07) is 0. The van der Waals surface area contributed by atoms with Gasteiger partial charge in [-0.1, -0.05) is 77.3 Å². The van der Waals surface area contributed by atoms with Crippen LogP contribution in [0.1, 0.15) is 60.3 Å². The van der Waals surface area contributed by atoms with E-state index in [1.807, 2.05) is 20.8 Å². The number of allylic oxidation sites excluding steroid dienone is 4. The van der Waals surface area contributed by atoms with Crippen LogP contribution < -0.4 is 5.73 Å². The van der Waals surface area contributed by atoms with Gasteiger partial charge in [0.25, 0.3) is 0 Å². The summed E-state index contributed by atoms with van der Waals surface area (Å²) in [7, 11) is 0. The van der Waals surface area contributed by atoms with Gasteiger partial charge >= 0.3 is 0 Å². The molecule has 2 atom stereocenters. The minimum absolute atomic E-state index is 0.287. The van der Waals surface area contributed by atoms with Crippen LogP contribution in [0.3, 0.4) is 0 Å². The highest BCUT2D eigenvalue weighted by atomic mass is 14.7. The SMILES string of the molecule is C#C.CC.CCCC(CC)CC1=CC=CC(C)(N)C=C1. The predicted molar refractivity (Wildman–Crippen MR) is 93.5 cm³/mol. The monoisotopic (exact) mass is 275 g/mol. The van der Waals surface area contributed by atoms with Gasteiger partial charge in [0.05, 0.1) is 5.54 Å². The lowest BCUT2D eigenvalue weighted by atomic mass is 9.92. The average molecular weight is 275 g/mol. The molecule has 2 unspecified atom stereocenters. The van der Waals surface area contributed by atoms with Crippen molar-refractivity contribution in [3.63, 3.8) is 0 Å². The second-order valence-corrected chi connectivity index (χ2v) is 5.07. The van der Waals surface area contributed by atoms with E-state index in [1.165, 1.54) is 31.3 Å². The molecule has 1 heteroatoms. The van der Waals surface area contributed by atoms with Crippen molar-refractivity contribution < 1.29 is 0 Å². The predicted octanol–water partition coefficient (Wildman–Crippen LogP) is 5.25. The largest absolute Gasteiger partial charge is 0.319 e. The smallest absolute Gasteiger partial charge is 0.0502 e. The molecule has 114 valence electrons. The summed E-state index contributed by atoms with van der Waals surface area (Å²) in [6.07, 6.45) is 23.7. The van der Waals surface area contributed by atoms with Gasteiger partial charge in [0, 0.05) is 0 Å². The quantitative estimate of drug-likeness (QED) is 0.681. The van der Waals surface area contributed by atoms with Crippen LogP contribution in [0.25, 0.3) is 0 Å². The molecule has 0 aromatic rings. The van der Waals surface area contributed by atoms with Crippen molar-refractivity contribution in [3.05, 3.63) is 36.0 Å². The second kappa shape index (κ2) is 12.8. The van der Waals surface area contributed by atoms with E-state index in [0.29, 0.717) is 0 Å². The fraction of sp³-hybridized carbons (Fsp3) is 0.579. The molecule has 0 aliphatic heterocycles. The normalized spacial score (nSPS) is 21.5. The minimum Gasteiger partial charge on any atom is -0.319 e. The van der Waals surface area contributed by atoms with Gasteiger partial charge in [-0.3, -0.25) is 0 Å². The van der Waals surface area contributed by atoms with E-state index in [2.05, 4.69) is 57.1 Å². The standard InChI is InChI=1S/C15H25N.C2H6.C2H2/c1-4-7-13(5-2)12-14-8-6-10-15(3,16)11-9-14;2*1-2/h6,8-11,13H,4-5,7,12,16H2,1-3H3;1-2H3;1-2H. The summed E-state index contributed by atoms with van der Waals surface area (Å²) in [5.41, 5.74) is 7.18. The molecule has 1 aliphatic rings. The van der Waals surface area contributed by atoms with Gasteiger partial charge in [0.2, 0.25) is 0 Å². The zero-order chi connectivity index (χ0) is 16.0. The maximum atomic E-state index is 6.06. The Morgan fingerprint density at radius 3 is 2.30 bits per heavy atom. The van der Waals surface area contributed by atoms with E-state index in [-0.39, 0.29) is 5.54 Å². The lowest BCUT2D eigenvalue weighted by Gasteiger charge is -2.15. The summed E-state index contributed by atoms with van der Waals surface area (Å²) in [4.78, 5) is 0. The molecule has 2 N–H and O–H groups in total. The Morgan fingerprint density at radius 1 is 1.20 bits per heavy atom. The molecule has 0 spiro atoms. The van der Waals surface area contributed by atoms with E-state index < -0.39 is 0 Å². The Hall–Kier alpha value is -1.26. The molecular formula is C19H33N. The van der Waals surface area contributed by atoms with Crippen molar-refractivity contribution in [3.8, 4) is 12.8 Å². The van der Waals surface area contributed by atoms with E-state index in [4.69, 9.17) is 5.73 Å². The molecule has 1 nitrogen and oxygen atoms in total. The zero-order valence-corrected chi connectivity index (χ0v) is 14.0. The number of nitrogens with two attached hydrogens (primary N) is 1. The summed E-state index contributed by atoms with van der Waals surface area (Å²) in [5.74, 6) is 0.816. The van der Waals surface area contributed by atoms with Gasteiger partial charge in [-0.25, -0.2) is 0 Å². The Kier molecular flexibility index (Phi) is 13.4. The minimum atomic E-state index is -0.287. The third-order valence-corrected chi connectivity index (χ3v) is 3.22. The number of terminal acetylenes is 1. The van der Waals surface area contributed by atoms with Gasteiger partial charge in [-0.15, -0.1) is 12.8 Å². The summed E-state index contributed by atoms with van der Waals surface area (Å²) in [6.45, 7) is 10.6. The van der Waals surface area contributed by atoms with Gasteiger partial charge in [-0.05, 0) is 24.8 Å². The third-order valence-electron chi connectivity index (χ3n) is 3.22. The highest BCUT2D eigenvalue weighted by molar-refractivity contribution is 5.33. The van der Waals surface area contributed by atoms with Crippen molar-refractivity contribution in [1.29, 1.82) is 0 Å². The molecule has 0 fully saturated rings. The molecule has 0 heterocycles. The molecule has 1 rings (SSSR count). The van der Waals surface area contributed by atoms with Crippen LogP contribution in [0, 0.1) is 18.8 Å². The van der Waals surface area contributed by atoms with Crippen molar-refractivity contribution in [2.75, 3.05) is 0 Å². The molecule has 0 saturated heterocycles. The first-order chi connectivity index (χ1) is 9.57. The first-order valence-electron chi connectivity index (χ1n) is 7.77. The topological polar surface area (TPSA) is 26.0 Å². The molecule has 0 amide bonds. The molecular weight excluding hydrogens is 242 g/mol. The van der Waals surface area contributed by atoms with Crippen LogP contribution in [0.5, 0.6) is 0 Å². The molecule has 0 saturated carbocycles. The van der Waals surface area contributed by atoms with Gasteiger partial charge in [0.15, 0.2) is 0 Å². The average Bonchev–Trinajstić information content (AvgIpc) is 2.64. The zero-order valence-electron chi connectivity index (χ0n) is 14.0. The van der Waals surface area contributed by atoms with E-state index in [9.17, 15) is 0 Å². The Balaban J connectivity index is 0. The van der Waals surface area contributed by atoms with Crippen molar-refractivity contribution in [2.24, 2.45) is 11.7 Å².